The molecule has 2 N–H and O–H groups in total. The number of hydrogen-bond acceptors (Lipinski definition) is 6. The highest BCUT2D eigenvalue weighted by atomic mass is 28.4. The van der Waals surface area contributed by atoms with Gasteiger partial charge in [0.25, 0.3) is 5.56 Å². The number of methoxy groups -OCH3 is 1. The summed E-state index contributed by atoms with van der Waals surface area (Å²) < 4.78 is 13.3. The molecule has 42 heavy (non-hydrogen) atoms. The smallest absolute Gasteiger partial charge is 0.297 e. The summed E-state index contributed by atoms with van der Waals surface area (Å²) in [6, 6.07) is 19.2. The van der Waals surface area contributed by atoms with Crippen LogP contribution in [0.3, 0.4) is 0 Å². The fraction of sp³-hybridized carbons (Fsp3) is 0.455. The van der Waals surface area contributed by atoms with Gasteiger partial charge in [0.15, 0.2) is 14.1 Å². The van der Waals surface area contributed by atoms with Gasteiger partial charge >= 0.3 is 0 Å². The second kappa shape index (κ2) is 12.5. The average Bonchev–Trinajstić information content (AvgIpc) is 3.30. The van der Waals surface area contributed by atoms with E-state index in [1.54, 1.807) is 27.8 Å². The molecule has 8 nitrogen and oxygen atoms in total. The first-order valence-corrected chi connectivity index (χ1v) is 17.8. The zero-order chi connectivity index (χ0) is 30.0. The third-order valence-corrected chi connectivity index (χ3v) is 11.6. The maximum absolute atomic E-state index is 13.6. The number of hydrogen-bond donors (Lipinski definition) is 2. The molecule has 3 heterocycles. The van der Waals surface area contributed by atoms with Crippen molar-refractivity contribution in [2.75, 3.05) is 13.7 Å². The molecule has 0 bridgehead atoms. The molecule has 3 aromatic rings. The van der Waals surface area contributed by atoms with E-state index >= 15 is 0 Å². The number of pyridine rings is 1. The fourth-order valence-corrected chi connectivity index (χ4v) is 9.51. The molecule has 0 radical (unpaired) electrons. The summed E-state index contributed by atoms with van der Waals surface area (Å²) in [5, 5.41) is 10.1. The molecule has 0 spiro atoms. The number of ether oxygens (including phenoxy) is 2. The zero-order valence-corrected chi connectivity index (χ0v) is 25.9. The molecule has 1 aromatic heterocycles. The zero-order valence-electron chi connectivity index (χ0n) is 24.9. The van der Waals surface area contributed by atoms with Crippen LogP contribution in [0.1, 0.15) is 36.5 Å². The van der Waals surface area contributed by atoms with Gasteiger partial charge in [-0.1, -0.05) is 43.3 Å². The summed E-state index contributed by atoms with van der Waals surface area (Å²) >= 11 is 0. The third kappa shape index (κ3) is 6.24. The Balaban J connectivity index is 1.26. The second-order valence-corrected chi connectivity index (χ2v) is 16.2. The van der Waals surface area contributed by atoms with Crippen LogP contribution >= 0.6 is 0 Å². The van der Waals surface area contributed by atoms with Gasteiger partial charge in [-0.15, -0.1) is 0 Å². The number of aromatic nitrogens is 1. The van der Waals surface area contributed by atoms with Crippen molar-refractivity contribution < 1.29 is 24.2 Å². The van der Waals surface area contributed by atoms with Crippen LogP contribution < -0.4 is 10.3 Å². The van der Waals surface area contributed by atoms with E-state index in [0.717, 1.165) is 29.7 Å². The van der Waals surface area contributed by atoms with Crippen molar-refractivity contribution in [2.24, 2.45) is 5.92 Å². The summed E-state index contributed by atoms with van der Waals surface area (Å²) in [6.07, 6.45) is 3.66. The van der Waals surface area contributed by atoms with E-state index < -0.39 is 8.32 Å². The maximum Gasteiger partial charge on any atom is 0.297 e. The van der Waals surface area contributed by atoms with Crippen LogP contribution in [-0.2, 0) is 28.9 Å². The van der Waals surface area contributed by atoms with Crippen molar-refractivity contribution in [3.63, 3.8) is 0 Å². The van der Waals surface area contributed by atoms with Gasteiger partial charge in [0.1, 0.15) is 0 Å². The predicted octanol–water partition coefficient (Wildman–Crippen LogP) is 4.09. The van der Waals surface area contributed by atoms with Gasteiger partial charge in [-0.05, 0) is 79.2 Å². The number of aryl methyl sites for hydroxylation is 1. The molecule has 2 aliphatic heterocycles. The SMILES string of the molecule is COc1cccn(-c2ccc(CC[C@@H]3O[C@H](CC(=O)N4Cc5ccccc5C[C@H]4CO)[C@@H]([Si](C)(C)O)[C@@H]3C)cc2)c1=O. The summed E-state index contributed by atoms with van der Waals surface area (Å²) in [4.78, 5) is 39.3. The van der Waals surface area contributed by atoms with E-state index in [4.69, 9.17) is 9.47 Å². The minimum absolute atomic E-state index is 0.0342. The molecular weight excluding hydrogens is 548 g/mol. The fourth-order valence-electron chi connectivity index (χ4n) is 6.90. The highest BCUT2D eigenvalue weighted by Gasteiger charge is 2.50. The van der Waals surface area contributed by atoms with Gasteiger partial charge < -0.3 is 24.3 Å². The summed E-state index contributed by atoms with van der Waals surface area (Å²) in [5.41, 5.74) is 3.91. The number of aliphatic hydroxyl groups excluding tert-OH is 1. The largest absolute Gasteiger partial charge is 0.491 e. The Kier molecular flexibility index (Phi) is 9.03. The highest BCUT2D eigenvalue weighted by molar-refractivity contribution is 6.71. The van der Waals surface area contributed by atoms with Crippen LogP contribution in [0.15, 0.2) is 71.7 Å². The minimum Gasteiger partial charge on any atom is -0.491 e. The first-order chi connectivity index (χ1) is 20.1. The van der Waals surface area contributed by atoms with Crippen molar-refractivity contribution in [2.45, 2.75) is 76.0 Å². The molecule has 9 heteroatoms. The number of amides is 1. The minimum atomic E-state index is -2.65. The standard InChI is InChI=1S/C33H42N2O6Si/c1-22-28(16-13-23-11-14-26(15-12-23)34-17-7-10-29(40-2)33(34)38)41-30(32(22)42(3,4)39)19-31(37)35-20-25-9-6-5-8-24(25)18-27(35)21-36/h5-12,14-15,17,22,27-28,30,32,36,39H,13,16,18-21H2,1-4H3/t22-,27+,28+,30-,32+/m1/s1. The lowest BCUT2D eigenvalue weighted by molar-refractivity contribution is -0.138. The summed E-state index contributed by atoms with van der Waals surface area (Å²) in [5.74, 6) is 0.372. The van der Waals surface area contributed by atoms with Crippen molar-refractivity contribution in [1.29, 1.82) is 0 Å². The molecule has 5 rings (SSSR count). The molecule has 1 amide bonds. The van der Waals surface area contributed by atoms with Gasteiger partial charge in [-0.2, -0.15) is 0 Å². The lowest BCUT2D eigenvalue weighted by Gasteiger charge is -2.37. The van der Waals surface area contributed by atoms with Crippen molar-refractivity contribution >= 4 is 14.2 Å². The van der Waals surface area contributed by atoms with E-state index in [0.29, 0.717) is 18.7 Å². The van der Waals surface area contributed by atoms with Crippen molar-refractivity contribution in [3.05, 3.63) is 93.9 Å². The molecule has 0 unspecified atom stereocenters. The second-order valence-electron chi connectivity index (χ2n) is 12.2. The monoisotopic (exact) mass is 590 g/mol. The van der Waals surface area contributed by atoms with Crippen LogP contribution in [0.5, 0.6) is 5.75 Å². The van der Waals surface area contributed by atoms with Crippen LogP contribution in [0.2, 0.25) is 18.6 Å². The Morgan fingerprint density at radius 1 is 1.05 bits per heavy atom. The predicted molar refractivity (Wildman–Crippen MR) is 164 cm³/mol. The number of rotatable bonds is 9. The Morgan fingerprint density at radius 2 is 1.76 bits per heavy atom. The van der Waals surface area contributed by atoms with Gasteiger partial charge in [0, 0.05) is 24.0 Å². The van der Waals surface area contributed by atoms with E-state index in [2.05, 4.69) is 13.0 Å². The van der Waals surface area contributed by atoms with Crippen molar-refractivity contribution in [1.82, 2.24) is 9.47 Å². The lowest BCUT2D eigenvalue weighted by atomic mass is 9.93. The molecule has 0 aliphatic carbocycles. The van der Waals surface area contributed by atoms with Gasteiger partial charge in [0.2, 0.25) is 5.91 Å². The van der Waals surface area contributed by atoms with Crippen LogP contribution in [0, 0.1) is 5.92 Å². The molecule has 2 aromatic carbocycles. The summed E-state index contributed by atoms with van der Waals surface area (Å²) in [6.45, 7) is 6.40. The van der Waals surface area contributed by atoms with E-state index in [-0.39, 0.29) is 54.2 Å². The molecule has 224 valence electrons. The third-order valence-electron chi connectivity index (χ3n) is 9.05. The quantitative estimate of drug-likeness (QED) is 0.364. The topological polar surface area (TPSA) is 101 Å². The highest BCUT2D eigenvalue weighted by Crippen LogP contribution is 2.46. The lowest BCUT2D eigenvalue weighted by Crippen LogP contribution is -2.48. The van der Waals surface area contributed by atoms with Gasteiger partial charge in [-0.3, -0.25) is 14.2 Å². The Hall–Kier alpha value is -3.24. The first kappa shape index (κ1) is 30.2. The number of fused-ring (bicyclic) bond motifs is 1. The maximum atomic E-state index is 13.6. The first-order valence-electron chi connectivity index (χ1n) is 14.8. The molecule has 2 aliphatic rings. The van der Waals surface area contributed by atoms with Gasteiger partial charge in [-0.25, -0.2) is 0 Å². The van der Waals surface area contributed by atoms with E-state index in [1.807, 2.05) is 55.6 Å². The normalized spacial score (nSPS) is 24.0. The summed E-state index contributed by atoms with van der Waals surface area (Å²) in [7, 11) is -1.16. The Morgan fingerprint density at radius 3 is 2.43 bits per heavy atom. The number of benzene rings is 2. The van der Waals surface area contributed by atoms with Crippen molar-refractivity contribution in [3.8, 4) is 11.4 Å². The van der Waals surface area contributed by atoms with E-state index in [9.17, 15) is 19.5 Å². The molecule has 1 fully saturated rings. The Bertz CT molecular complexity index is 1450. The average molecular weight is 591 g/mol. The van der Waals surface area contributed by atoms with E-state index in [1.165, 1.54) is 12.7 Å². The Labute approximate surface area is 248 Å². The molecule has 0 saturated carbocycles. The number of carbonyl (C=O) groups excluding carboxylic acids is 1. The molecular formula is C33H42N2O6Si. The van der Waals surface area contributed by atoms with Crippen LogP contribution in [0.4, 0.5) is 0 Å². The molecule has 5 atom stereocenters. The van der Waals surface area contributed by atoms with Gasteiger partial charge in [0.05, 0.1) is 38.4 Å². The van der Waals surface area contributed by atoms with Crippen LogP contribution in [-0.4, -0.2) is 65.6 Å². The number of aliphatic hydroxyl groups is 1. The molecule has 1 saturated heterocycles. The number of carbonyl (C=O) groups is 1. The van der Waals surface area contributed by atoms with Crippen LogP contribution in [0.25, 0.3) is 5.69 Å². The number of nitrogens with zero attached hydrogens (tertiary/aromatic N) is 2.